The number of hydrogen-bond acceptors (Lipinski definition) is 1. The molecule has 0 spiro atoms. The monoisotopic (exact) mass is 153 g/mol. The topological polar surface area (TPSA) is 17.3 Å². The van der Waals surface area contributed by atoms with Crippen LogP contribution < -0.4 is 5.32 Å². The van der Waals surface area contributed by atoms with Crippen LogP contribution in [-0.4, -0.2) is 38.1 Å². The van der Waals surface area contributed by atoms with E-state index >= 15 is 0 Å². The first-order valence-corrected chi connectivity index (χ1v) is 4.68. The van der Waals surface area contributed by atoms with Crippen LogP contribution in [0.4, 0.5) is 0 Å². The van der Waals surface area contributed by atoms with E-state index in [2.05, 4.69) is 17.3 Å². The summed E-state index contributed by atoms with van der Waals surface area (Å²) >= 11 is 0. The molecule has 0 N–H and O–H groups in total. The SMILES string of the molecule is CN1CCC(C2CC[N]C2)C1. The van der Waals surface area contributed by atoms with Crippen molar-refractivity contribution in [1.29, 1.82) is 0 Å². The third-order valence-electron chi connectivity index (χ3n) is 3.12. The molecule has 1 radical (unpaired) electrons. The van der Waals surface area contributed by atoms with E-state index in [9.17, 15) is 0 Å². The largest absolute Gasteiger partial charge is 0.306 e. The summed E-state index contributed by atoms with van der Waals surface area (Å²) < 4.78 is 0. The fraction of sp³-hybridized carbons (Fsp3) is 1.00. The highest BCUT2D eigenvalue weighted by Gasteiger charge is 2.29. The summed E-state index contributed by atoms with van der Waals surface area (Å²) in [5, 5.41) is 4.42. The molecule has 2 heteroatoms. The van der Waals surface area contributed by atoms with Crippen LogP contribution in [0.3, 0.4) is 0 Å². The van der Waals surface area contributed by atoms with Gasteiger partial charge in [0, 0.05) is 19.6 Å². The fourth-order valence-corrected chi connectivity index (χ4v) is 2.34. The average molecular weight is 153 g/mol. The van der Waals surface area contributed by atoms with E-state index in [0.717, 1.165) is 24.9 Å². The van der Waals surface area contributed by atoms with E-state index in [-0.39, 0.29) is 0 Å². The van der Waals surface area contributed by atoms with E-state index in [1.54, 1.807) is 0 Å². The Bertz CT molecular complexity index is 130. The second-order valence-corrected chi connectivity index (χ2v) is 3.99. The highest BCUT2D eigenvalue weighted by Crippen LogP contribution is 2.27. The quantitative estimate of drug-likeness (QED) is 0.538. The summed E-state index contributed by atoms with van der Waals surface area (Å²) in [5.74, 6) is 1.89. The van der Waals surface area contributed by atoms with Crippen molar-refractivity contribution >= 4 is 0 Å². The van der Waals surface area contributed by atoms with Crippen molar-refractivity contribution in [3.63, 3.8) is 0 Å². The molecule has 2 unspecified atom stereocenters. The van der Waals surface area contributed by atoms with Crippen molar-refractivity contribution in [3.05, 3.63) is 0 Å². The Balaban J connectivity index is 1.85. The lowest BCUT2D eigenvalue weighted by Crippen LogP contribution is -2.20. The molecule has 63 valence electrons. The lowest BCUT2D eigenvalue weighted by molar-refractivity contribution is 0.335. The van der Waals surface area contributed by atoms with Crippen LogP contribution in [0.1, 0.15) is 12.8 Å². The van der Waals surface area contributed by atoms with E-state index in [0.29, 0.717) is 0 Å². The molecule has 0 amide bonds. The third-order valence-corrected chi connectivity index (χ3v) is 3.12. The van der Waals surface area contributed by atoms with Gasteiger partial charge in [-0.3, -0.25) is 0 Å². The number of likely N-dealkylation sites (tertiary alicyclic amines) is 1. The van der Waals surface area contributed by atoms with E-state index in [1.165, 1.54) is 25.9 Å². The van der Waals surface area contributed by atoms with Crippen molar-refractivity contribution < 1.29 is 0 Å². The molecule has 2 rings (SSSR count). The van der Waals surface area contributed by atoms with Crippen molar-refractivity contribution in [2.24, 2.45) is 11.8 Å². The lowest BCUT2D eigenvalue weighted by atomic mass is 9.91. The van der Waals surface area contributed by atoms with Gasteiger partial charge >= 0.3 is 0 Å². The van der Waals surface area contributed by atoms with Crippen molar-refractivity contribution in [2.45, 2.75) is 12.8 Å². The van der Waals surface area contributed by atoms with Gasteiger partial charge < -0.3 is 4.90 Å². The molecule has 2 aliphatic heterocycles. The number of hydrogen-bond donors (Lipinski definition) is 0. The second-order valence-electron chi connectivity index (χ2n) is 3.99. The normalized spacial score (nSPS) is 40.1. The van der Waals surface area contributed by atoms with Gasteiger partial charge in [0.1, 0.15) is 0 Å². The minimum Gasteiger partial charge on any atom is -0.306 e. The zero-order valence-electron chi connectivity index (χ0n) is 7.29. The summed E-state index contributed by atoms with van der Waals surface area (Å²) in [4.78, 5) is 2.45. The Morgan fingerprint density at radius 1 is 1.27 bits per heavy atom. The highest BCUT2D eigenvalue weighted by molar-refractivity contribution is 4.83. The zero-order chi connectivity index (χ0) is 7.68. The van der Waals surface area contributed by atoms with Crippen molar-refractivity contribution in [3.8, 4) is 0 Å². The van der Waals surface area contributed by atoms with Crippen LogP contribution >= 0.6 is 0 Å². The molecule has 0 bridgehead atoms. The van der Waals surface area contributed by atoms with Crippen LogP contribution in [0.2, 0.25) is 0 Å². The standard InChI is InChI=1S/C9H17N2/c1-11-5-3-9(7-11)8-2-4-10-6-8/h8-9H,2-7H2,1H3. The first kappa shape index (κ1) is 7.56. The molecular weight excluding hydrogens is 136 g/mol. The van der Waals surface area contributed by atoms with Crippen LogP contribution in [0.15, 0.2) is 0 Å². The van der Waals surface area contributed by atoms with Crippen molar-refractivity contribution in [2.75, 3.05) is 33.2 Å². The Morgan fingerprint density at radius 3 is 2.73 bits per heavy atom. The number of rotatable bonds is 1. The smallest absolute Gasteiger partial charge is 0.0165 e. The first-order valence-electron chi connectivity index (χ1n) is 4.68. The minimum absolute atomic E-state index is 0.931. The molecule has 2 heterocycles. The molecule has 2 aliphatic rings. The highest BCUT2D eigenvalue weighted by atomic mass is 15.1. The molecule has 0 aromatic rings. The molecule has 11 heavy (non-hydrogen) atoms. The molecule has 2 saturated heterocycles. The Morgan fingerprint density at radius 2 is 2.18 bits per heavy atom. The van der Waals surface area contributed by atoms with Gasteiger partial charge in [0.25, 0.3) is 0 Å². The number of nitrogens with zero attached hydrogens (tertiary/aromatic N) is 2. The van der Waals surface area contributed by atoms with Gasteiger partial charge in [0.15, 0.2) is 0 Å². The van der Waals surface area contributed by atoms with Gasteiger partial charge in [-0.15, -0.1) is 0 Å². The molecular formula is C9H17N2. The third kappa shape index (κ3) is 1.57. The predicted molar refractivity (Wildman–Crippen MR) is 45.6 cm³/mol. The van der Waals surface area contributed by atoms with Crippen molar-refractivity contribution in [1.82, 2.24) is 10.2 Å². The Labute approximate surface area is 69.0 Å². The molecule has 2 atom stereocenters. The maximum atomic E-state index is 4.42. The molecule has 0 saturated carbocycles. The lowest BCUT2D eigenvalue weighted by Gasteiger charge is -2.16. The maximum Gasteiger partial charge on any atom is 0.0165 e. The Kier molecular flexibility index (Phi) is 2.14. The van der Waals surface area contributed by atoms with Crippen LogP contribution in [0, 0.1) is 11.8 Å². The van der Waals surface area contributed by atoms with Crippen LogP contribution in [0.5, 0.6) is 0 Å². The minimum atomic E-state index is 0.931. The fourth-order valence-electron chi connectivity index (χ4n) is 2.34. The summed E-state index contributed by atoms with van der Waals surface area (Å²) in [7, 11) is 2.23. The van der Waals surface area contributed by atoms with E-state index < -0.39 is 0 Å². The van der Waals surface area contributed by atoms with E-state index in [4.69, 9.17) is 0 Å². The summed E-state index contributed by atoms with van der Waals surface area (Å²) in [6, 6.07) is 0. The van der Waals surface area contributed by atoms with Crippen LogP contribution in [-0.2, 0) is 0 Å². The maximum absolute atomic E-state index is 4.42. The van der Waals surface area contributed by atoms with Gasteiger partial charge in [-0.2, -0.15) is 0 Å². The summed E-state index contributed by atoms with van der Waals surface area (Å²) in [6.07, 6.45) is 2.77. The zero-order valence-corrected chi connectivity index (χ0v) is 7.29. The molecule has 2 fully saturated rings. The molecule has 0 aromatic carbocycles. The molecule has 2 nitrogen and oxygen atoms in total. The van der Waals surface area contributed by atoms with Gasteiger partial charge in [-0.25, -0.2) is 5.32 Å². The first-order chi connectivity index (χ1) is 5.36. The summed E-state index contributed by atoms with van der Waals surface area (Å²) in [6.45, 7) is 4.91. The van der Waals surface area contributed by atoms with Gasteiger partial charge in [-0.05, 0) is 38.3 Å². The summed E-state index contributed by atoms with van der Waals surface area (Å²) in [5.41, 5.74) is 0. The van der Waals surface area contributed by atoms with Crippen LogP contribution in [0.25, 0.3) is 0 Å². The predicted octanol–water partition coefficient (Wildman–Crippen LogP) is 0.562. The average Bonchev–Trinajstić information content (AvgIpc) is 2.55. The van der Waals surface area contributed by atoms with Gasteiger partial charge in [0.05, 0.1) is 0 Å². The Hall–Kier alpha value is -0.0800. The second kappa shape index (κ2) is 3.11. The molecule has 0 aromatic heterocycles. The van der Waals surface area contributed by atoms with Gasteiger partial charge in [0.2, 0.25) is 0 Å². The molecule has 0 aliphatic carbocycles. The van der Waals surface area contributed by atoms with Gasteiger partial charge in [-0.1, -0.05) is 0 Å². The van der Waals surface area contributed by atoms with E-state index in [1.807, 2.05) is 0 Å².